The number of hydrogen-bond acceptors (Lipinski definition) is 5. The summed E-state index contributed by atoms with van der Waals surface area (Å²) >= 11 is 1.41. The van der Waals surface area contributed by atoms with Crippen LogP contribution in [-0.2, 0) is 4.79 Å². The minimum Gasteiger partial charge on any atom is -0.345 e. The molecule has 0 aliphatic heterocycles. The van der Waals surface area contributed by atoms with Gasteiger partial charge in [-0.2, -0.15) is 0 Å². The van der Waals surface area contributed by atoms with Gasteiger partial charge in [-0.25, -0.2) is 0 Å². The van der Waals surface area contributed by atoms with Gasteiger partial charge in [-0.3, -0.25) is 19.7 Å². The fourth-order valence-electron chi connectivity index (χ4n) is 2.45. The number of carbonyl (C=O) groups is 2. The van der Waals surface area contributed by atoms with E-state index in [1.807, 2.05) is 6.26 Å². The van der Waals surface area contributed by atoms with E-state index < -0.39 is 10.8 Å². The Morgan fingerprint density at radius 2 is 1.85 bits per heavy atom. The fourth-order valence-corrected chi connectivity index (χ4v) is 2.89. The molecule has 27 heavy (non-hydrogen) atoms. The lowest BCUT2D eigenvalue weighted by molar-refractivity contribution is -0.385. The summed E-state index contributed by atoms with van der Waals surface area (Å²) in [5.74, 6) is -0.585. The first kappa shape index (κ1) is 20.4. The standard InChI is InChI=1S/C19H21N3O4S/c1-4-18(23)21-14-7-5-13(6-8-14)12(2)20-19(24)16-11-15(27-3)9-10-17(16)22(25)26/h5-12H,4H2,1-3H3,(H,20,24)(H,21,23). The average Bonchev–Trinajstić information content (AvgIpc) is 2.67. The van der Waals surface area contributed by atoms with Gasteiger partial charge >= 0.3 is 0 Å². The smallest absolute Gasteiger partial charge is 0.282 e. The van der Waals surface area contributed by atoms with Crippen LogP contribution in [0.2, 0.25) is 0 Å². The molecule has 0 heterocycles. The first-order chi connectivity index (χ1) is 12.8. The summed E-state index contributed by atoms with van der Waals surface area (Å²) in [5, 5.41) is 16.8. The zero-order valence-corrected chi connectivity index (χ0v) is 16.1. The third-order valence-electron chi connectivity index (χ3n) is 4.01. The molecule has 0 aliphatic carbocycles. The number of anilines is 1. The molecule has 0 spiro atoms. The van der Waals surface area contributed by atoms with Crippen molar-refractivity contribution in [3.8, 4) is 0 Å². The number of benzene rings is 2. The van der Waals surface area contributed by atoms with Crippen LogP contribution in [-0.4, -0.2) is 23.0 Å². The van der Waals surface area contributed by atoms with Crippen molar-refractivity contribution in [2.45, 2.75) is 31.2 Å². The Balaban J connectivity index is 2.15. The Labute approximate surface area is 161 Å². The van der Waals surface area contributed by atoms with Gasteiger partial charge in [0.1, 0.15) is 5.56 Å². The molecule has 8 heteroatoms. The highest BCUT2D eigenvalue weighted by atomic mass is 32.2. The van der Waals surface area contributed by atoms with Gasteiger partial charge in [0.25, 0.3) is 11.6 Å². The zero-order chi connectivity index (χ0) is 20.0. The number of amides is 2. The van der Waals surface area contributed by atoms with Crippen molar-refractivity contribution in [3.05, 3.63) is 63.7 Å². The Bertz CT molecular complexity index is 853. The fraction of sp³-hybridized carbons (Fsp3) is 0.263. The Morgan fingerprint density at radius 1 is 1.19 bits per heavy atom. The van der Waals surface area contributed by atoms with Gasteiger partial charge in [-0.1, -0.05) is 19.1 Å². The number of rotatable bonds is 7. The second-order valence-corrected chi connectivity index (χ2v) is 6.74. The lowest BCUT2D eigenvalue weighted by atomic mass is 10.1. The van der Waals surface area contributed by atoms with E-state index in [0.717, 1.165) is 10.5 Å². The third-order valence-corrected chi connectivity index (χ3v) is 4.73. The van der Waals surface area contributed by atoms with E-state index in [-0.39, 0.29) is 23.2 Å². The van der Waals surface area contributed by atoms with Crippen LogP contribution in [0.3, 0.4) is 0 Å². The molecule has 0 fully saturated rings. The van der Waals surface area contributed by atoms with Gasteiger partial charge in [0.2, 0.25) is 5.91 Å². The maximum Gasteiger partial charge on any atom is 0.282 e. The lowest BCUT2D eigenvalue weighted by Crippen LogP contribution is -2.27. The van der Waals surface area contributed by atoms with E-state index in [9.17, 15) is 19.7 Å². The van der Waals surface area contributed by atoms with Gasteiger partial charge in [-0.05, 0) is 43.0 Å². The topological polar surface area (TPSA) is 101 Å². The van der Waals surface area contributed by atoms with Crippen LogP contribution in [0.1, 0.15) is 42.2 Å². The Kier molecular flexibility index (Phi) is 6.95. The molecule has 0 radical (unpaired) electrons. The van der Waals surface area contributed by atoms with Gasteiger partial charge in [-0.15, -0.1) is 11.8 Å². The highest BCUT2D eigenvalue weighted by molar-refractivity contribution is 7.98. The van der Waals surface area contributed by atoms with Crippen molar-refractivity contribution in [1.29, 1.82) is 0 Å². The molecule has 2 rings (SSSR count). The molecule has 2 N–H and O–H groups in total. The van der Waals surface area contributed by atoms with Gasteiger partial charge in [0.15, 0.2) is 0 Å². The Morgan fingerprint density at radius 3 is 2.41 bits per heavy atom. The summed E-state index contributed by atoms with van der Waals surface area (Å²) in [6.45, 7) is 3.56. The maximum absolute atomic E-state index is 12.6. The van der Waals surface area contributed by atoms with Crippen LogP contribution < -0.4 is 10.6 Å². The van der Waals surface area contributed by atoms with Crippen molar-refractivity contribution in [1.82, 2.24) is 5.32 Å². The summed E-state index contributed by atoms with van der Waals surface area (Å²) in [6.07, 6.45) is 2.23. The highest BCUT2D eigenvalue weighted by Gasteiger charge is 2.22. The molecule has 142 valence electrons. The van der Waals surface area contributed by atoms with Gasteiger partial charge < -0.3 is 10.6 Å². The number of nitro benzene ring substituents is 1. The van der Waals surface area contributed by atoms with E-state index in [4.69, 9.17) is 0 Å². The molecule has 2 amide bonds. The lowest BCUT2D eigenvalue weighted by Gasteiger charge is -2.15. The number of nitrogens with one attached hydrogen (secondary N) is 2. The van der Waals surface area contributed by atoms with E-state index in [1.165, 1.54) is 23.9 Å². The summed E-state index contributed by atoms with van der Waals surface area (Å²) in [5.41, 5.74) is 1.30. The molecule has 2 aromatic carbocycles. The van der Waals surface area contributed by atoms with Gasteiger partial charge in [0.05, 0.1) is 11.0 Å². The molecule has 2 aromatic rings. The highest BCUT2D eigenvalue weighted by Crippen LogP contribution is 2.25. The van der Waals surface area contributed by atoms with E-state index >= 15 is 0 Å². The van der Waals surface area contributed by atoms with E-state index in [2.05, 4.69) is 10.6 Å². The summed E-state index contributed by atoms with van der Waals surface area (Å²) in [7, 11) is 0. The second-order valence-electron chi connectivity index (χ2n) is 5.86. The van der Waals surface area contributed by atoms with Crippen molar-refractivity contribution < 1.29 is 14.5 Å². The summed E-state index contributed by atoms with van der Waals surface area (Å²) in [4.78, 5) is 35.4. The van der Waals surface area contributed by atoms with Crippen LogP contribution in [0.4, 0.5) is 11.4 Å². The first-order valence-electron chi connectivity index (χ1n) is 8.38. The predicted octanol–water partition coefficient (Wildman–Crippen LogP) is 4.16. The second kappa shape index (κ2) is 9.18. The number of thioether (sulfide) groups is 1. The van der Waals surface area contributed by atoms with Crippen LogP contribution in [0.25, 0.3) is 0 Å². The molecule has 0 saturated heterocycles. The molecule has 0 saturated carbocycles. The third kappa shape index (κ3) is 5.30. The van der Waals surface area contributed by atoms with Crippen LogP contribution >= 0.6 is 11.8 Å². The normalized spacial score (nSPS) is 11.5. The molecular formula is C19H21N3O4S. The van der Waals surface area contributed by atoms with Crippen molar-refractivity contribution >= 4 is 35.0 Å². The SMILES string of the molecule is CCC(=O)Nc1ccc(C(C)NC(=O)c2cc(SC)ccc2[N+](=O)[O-])cc1. The van der Waals surface area contributed by atoms with E-state index in [0.29, 0.717) is 12.1 Å². The number of carbonyl (C=O) groups excluding carboxylic acids is 2. The Hall–Kier alpha value is -2.87. The minimum atomic E-state index is -0.561. The van der Waals surface area contributed by atoms with Crippen LogP contribution in [0.15, 0.2) is 47.4 Å². The molecule has 1 atom stereocenters. The number of hydrogen-bond donors (Lipinski definition) is 2. The number of nitrogens with zero attached hydrogens (tertiary/aromatic N) is 1. The van der Waals surface area contributed by atoms with E-state index in [1.54, 1.807) is 44.2 Å². The maximum atomic E-state index is 12.6. The summed E-state index contributed by atoms with van der Waals surface area (Å²) < 4.78 is 0. The van der Waals surface area contributed by atoms with Gasteiger partial charge in [0, 0.05) is 23.1 Å². The molecule has 0 bridgehead atoms. The van der Waals surface area contributed by atoms with Crippen molar-refractivity contribution in [3.63, 3.8) is 0 Å². The molecule has 0 aliphatic rings. The van der Waals surface area contributed by atoms with Crippen molar-refractivity contribution in [2.24, 2.45) is 0 Å². The monoisotopic (exact) mass is 387 g/mol. The van der Waals surface area contributed by atoms with Crippen molar-refractivity contribution in [2.75, 3.05) is 11.6 Å². The first-order valence-corrected chi connectivity index (χ1v) is 9.61. The predicted molar refractivity (Wildman–Crippen MR) is 106 cm³/mol. The number of nitro groups is 1. The zero-order valence-electron chi connectivity index (χ0n) is 15.3. The van der Waals surface area contributed by atoms with Crippen LogP contribution in [0.5, 0.6) is 0 Å². The quantitative estimate of drug-likeness (QED) is 0.422. The molecule has 1 unspecified atom stereocenters. The molecule has 0 aromatic heterocycles. The molecular weight excluding hydrogens is 366 g/mol. The molecule has 7 nitrogen and oxygen atoms in total. The largest absolute Gasteiger partial charge is 0.345 e. The van der Waals surface area contributed by atoms with Crippen LogP contribution in [0, 0.1) is 10.1 Å². The average molecular weight is 387 g/mol. The summed E-state index contributed by atoms with van der Waals surface area (Å²) in [6, 6.07) is 11.2. The minimum absolute atomic E-state index is 0.0329.